The minimum atomic E-state index is -0.196. The number of hydrogen-bond acceptors (Lipinski definition) is 4. The zero-order valence-electron chi connectivity index (χ0n) is 14.9. The Morgan fingerprint density at radius 1 is 0.960 bits per heavy atom. The van der Waals surface area contributed by atoms with E-state index in [2.05, 4.69) is 10.3 Å². The van der Waals surface area contributed by atoms with E-state index in [4.69, 9.17) is 14.2 Å². The number of hydrogen-bond donors (Lipinski definition) is 1. The fourth-order valence-electron chi connectivity index (χ4n) is 2.34. The Bertz CT molecular complexity index is 662. The first-order chi connectivity index (χ1) is 12.2. The molecule has 0 aliphatic heterocycles. The van der Waals surface area contributed by atoms with Crippen LogP contribution in [-0.4, -0.2) is 25.7 Å². The molecule has 1 aromatic carbocycles. The van der Waals surface area contributed by atoms with E-state index in [1.807, 2.05) is 45.3 Å². The van der Waals surface area contributed by atoms with E-state index in [1.165, 1.54) is 0 Å². The Morgan fingerprint density at radius 2 is 1.52 bits per heavy atom. The van der Waals surface area contributed by atoms with Crippen LogP contribution < -0.4 is 24.5 Å². The summed E-state index contributed by atoms with van der Waals surface area (Å²) in [6, 6.07) is 7.20. The summed E-state index contributed by atoms with van der Waals surface area (Å²) in [5.41, 5.74) is 1.48. The van der Waals surface area contributed by atoms with Crippen molar-refractivity contribution in [2.24, 2.45) is 0 Å². The maximum atomic E-state index is 12.5. The van der Waals surface area contributed by atoms with Gasteiger partial charge >= 0.3 is 0 Å². The summed E-state index contributed by atoms with van der Waals surface area (Å²) in [5, 5.41) is 2.90. The molecule has 1 amide bonds. The van der Waals surface area contributed by atoms with Crippen molar-refractivity contribution in [3.63, 3.8) is 0 Å². The number of rotatable bonds is 9. The van der Waals surface area contributed by atoms with Gasteiger partial charge in [0.15, 0.2) is 23.9 Å². The maximum Gasteiger partial charge on any atom is 0.251 e. The number of H-pyrrole nitrogens is 1. The van der Waals surface area contributed by atoms with Crippen LogP contribution in [0.1, 0.15) is 36.7 Å². The highest BCUT2D eigenvalue weighted by Gasteiger charge is 2.18. The van der Waals surface area contributed by atoms with Gasteiger partial charge < -0.3 is 19.5 Å². The molecule has 6 heteroatoms. The van der Waals surface area contributed by atoms with Gasteiger partial charge in [0, 0.05) is 24.2 Å². The number of benzene rings is 1. The average Bonchev–Trinajstić information content (AvgIpc) is 2.63. The number of amides is 1. The molecule has 0 fully saturated rings. The molecule has 2 N–H and O–H groups in total. The Hall–Kier alpha value is -2.76. The summed E-state index contributed by atoms with van der Waals surface area (Å²) >= 11 is 0. The van der Waals surface area contributed by atoms with Crippen LogP contribution in [0.25, 0.3) is 0 Å². The van der Waals surface area contributed by atoms with E-state index in [-0.39, 0.29) is 5.91 Å². The standard InChI is InChI=1S/C19H24N2O4/c1-4-23-16-11-15(12-17(24-5-2)18(16)25-6-3)19(22)21-13-14-7-9-20-10-8-14/h7-12H,4-6,13H2,1-3H3,(H,21,22)/p+1. The van der Waals surface area contributed by atoms with Gasteiger partial charge in [-0.15, -0.1) is 0 Å². The monoisotopic (exact) mass is 345 g/mol. The van der Waals surface area contributed by atoms with Crippen LogP contribution in [0.5, 0.6) is 17.2 Å². The van der Waals surface area contributed by atoms with Crippen LogP contribution in [0, 0.1) is 0 Å². The van der Waals surface area contributed by atoms with Crippen molar-refractivity contribution in [2.45, 2.75) is 27.3 Å². The molecule has 6 nitrogen and oxygen atoms in total. The molecule has 1 heterocycles. The summed E-state index contributed by atoms with van der Waals surface area (Å²) in [4.78, 5) is 15.5. The van der Waals surface area contributed by atoms with Gasteiger partial charge in [-0.2, -0.15) is 0 Å². The molecular formula is C19H25N2O4+. The lowest BCUT2D eigenvalue weighted by Crippen LogP contribution is -2.23. The maximum absolute atomic E-state index is 12.5. The molecule has 25 heavy (non-hydrogen) atoms. The van der Waals surface area contributed by atoms with Crippen molar-refractivity contribution in [3.8, 4) is 17.2 Å². The summed E-state index contributed by atoms with van der Waals surface area (Å²) in [6.45, 7) is 7.52. The molecule has 0 aliphatic carbocycles. The fourth-order valence-corrected chi connectivity index (χ4v) is 2.34. The van der Waals surface area contributed by atoms with E-state index >= 15 is 0 Å². The Morgan fingerprint density at radius 3 is 2.04 bits per heavy atom. The number of aromatic amines is 1. The zero-order chi connectivity index (χ0) is 18.1. The third-order valence-electron chi connectivity index (χ3n) is 3.41. The van der Waals surface area contributed by atoms with Crippen molar-refractivity contribution >= 4 is 5.91 Å². The third-order valence-corrected chi connectivity index (χ3v) is 3.41. The lowest BCUT2D eigenvalue weighted by molar-refractivity contribution is -0.378. The molecule has 0 aliphatic rings. The first-order valence-electron chi connectivity index (χ1n) is 8.49. The van der Waals surface area contributed by atoms with Gasteiger partial charge in [-0.25, -0.2) is 4.98 Å². The molecule has 0 bridgehead atoms. The van der Waals surface area contributed by atoms with Gasteiger partial charge in [-0.1, -0.05) is 0 Å². The smallest absolute Gasteiger partial charge is 0.251 e. The molecule has 134 valence electrons. The Balaban J connectivity index is 2.24. The van der Waals surface area contributed by atoms with Gasteiger partial charge in [0.25, 0.3) is 5.91 Å². The SMILES string of the molecule is CCOc1cc(C(=O)NCc2cc[nH+]cc2)cc(OCC)c1OCC. The minimum absolute atomic E-state index is 0.196. The van der Waals surface area contributed by atoms with Crippen LogP contribution in [-0.2, 0) is 6.54 Å². The van der Waals surface area contributed by atoms with Gasteiger partial charge in [-0.3, -0.25) is 4.79 Å². The summed E-state index contributed by atoms with van der Waals surface area (Å²) in [5.74, 6) is 1.35. The van der Waals surface area contributed by atoms with Crippen LogP contribution in [0.2, 0.25) is 0 Å². The molecular weight excluding hydrogens is 320 g/mol. The van der Waals surface area contributed by atoms with Crippen molar-refractivity contribution < 1.29 is 24.0 Å². The van der Waals surface area contributed by atoms with E-state index < -0.39 is 0 Å². The molecule has 0 radical (unpaired) electrons. The van der Waals surface area contributed by atoms with Crippen molar-refractivity contribution in [1.82, 2.24) is 5.32 Å². The topological polar surface area (TPSA) is 70.9 Å². The second-order valence-electron chi connectivity index (χ2n) is 5.19. The van der Waals surface area contributed by atoms with Crippen LogP contribution in [0.15, 0.2) is 36.7 Å². The molecule has 2 rings (SSSR count). The average molecular weight is 345 g/mol. The predicted octanol–water partition coefficient (Wildman–Crippen LogP) is 2.63. The highest BCUT2D eigenvalue weighted by atomic mass is 16.5. The Kier molecular flexibility index (Phi) is 7.07. The van der Waals surface area contributed by atoms with Crippen molar-refractivity contribution in [2.75, 3.05) is 19.8 Å². The zero-order valence-corrected chi connectivity index (χ0v) is 14.9. The van der Waals surface area contributed by atoms with Crippen molar-refractivity contribution in [1.29, 1.82) is 0 Å². The third kappa shape index (κ3) is 5.11. The predicted molar refractivity (Wildman–Crippen MR) is 94.1 cm³/mol. The number of nitrogens with one attached hydrogen (secondary N) is 2. The number of carbonyl (C=O) groups is 1. The van der Waals surface area contributed by atoms with Gasteiger partial charge in [0.2, 0.25) is 5.75 Å². The molecule has 0 saturated carbocycles. The van der Waals surface area contributed by atoms with Crippen molar-refractivity contribution in [3.05, 3.63) is 47.8 Å². The summed E-state index contributed by atoms with van der Waals surface area (Å²) < 4.78 is 16.9. The normalized spacial score (nSPS) is 10.2. The van der Waals surface area contributed by atoms with Gasteiger partial charge in [0.05, 0.1) is 19.8 Å². The van der Waals surface area contributed by atoms with Crippen LogP contribution >= 0.6 is 0 Å². The van der Waals surface area contributed by atoms with E-state index in [0.717, 1.165) is 5.56 Å². The summed E-state index contributed by atoms with van der Waals surface area (Å²) in [7, 11) is 0. The highest BCUT2D eigenvalue weighted by molar-refractivity contribution is 5.95. The lowest BCUT2D eigenvalue weighted by Gasteiger charge is -2.17. The second kappa shape index (κ2) is 9.52. The number of ether oxygens (including phenoxy) is 3. The molecule has 0 spiro atoms. The number of carbonyl (C=O) groups excluding carboxylic acids is 1. The number of pyridine rings is 1. The number of aromatic nitrogens is 1. The molecule has 1 aromatic heterocycles. The highest BCUT2D eigenvalue weighted by Crippen LogP contribution is 2.39. The first-order valence-corrected chi connectivity index (χ1v) is 8.49. The minimum Gasteiger partial charge on any atom is -0.490 e. The summed E-state index contributed by atoms with van der Waals surface area (Å²) in [6.07, 6.45) is 3.64. The fraction of sp³-hybridized carbons (Fsp3) is 0.368. The van der Waals surface area contributed by atoms with E-state index in [0.29, 0.717) is 49.2 Å². The Labute approximate surface area is 148 Å². The molecule has 0 atom stereocenters. The van der Waals surface area contributed by atoms with Gasteiger partial charge in [-0.05, 0) is 38.5 Å². The van der Waals surface area contributed by atoms with Crippen LogP contribution in [0.4, 0.5) is 0 Å². The quantitative estimate of drug-likeness (QED) is 0.758. The lowest BCUT2D eigenvalue weighted by atomic mass is 10.1. The molecule has 0 saturated heterocycles. The second-order valence-corrected chi connectivity index (χ2v) is 5.19. The first kappa shape index (κ1) is 18.6. The largest absolute Gasteiger partial charge is 0.490 e. The van der Waals surface area contributed by atoms with E-state index in [1.54, 1.807) is 12.1 Å². The molecule has 0 unspecified atom stereocenters. The van der Waals surface area contributed by atoms with E-state index in [9.17, 15) is 4.79 Å². The van der Waals surface area contributed by atoms with Gasteiger partial charge in [0.1, 0.15) is 0 Å². The molecule has 2 aromatic rings. The van der Waals surface area contributed by atoms with Crippen LogP contribution in [0.3, 0.4) is 0 Å².